The summed E-state index contributed by atoms with van der Waals surface area (Å²) >= 11 is 0. The zero-order chi connectivity index (χ0) is 12.4. The summed E-state index contributed by atoms with van der Waals surface area (Å²) in [5, 5.41) is 8.80. The Labute approximate surface area is 100 Å². The molecule has 0 spiro atoms. The monoisotopic (exact) mass is 238 g/mol. The predicted molar refractivity (Wildman–Crippen MR) is 62.9 cm³/mol. The topological polar surface area (TPSA) is 79.7 Å². The number of nitrogens with two attached hydrogens (primary N) is 1. The van der Waals surface area contributed by atoms with Crippen molar-refractivity contribution in [3.8, 4) is 0 Å². The first-order valence-corrected chi connectivity index (χ1v) is 5.90. The fourth-order valence-electron chi connectivity index (χ4n) is 2.26. The zero-order valence-electron chi connectivity index (χ0n) is 9.93. The standard InChI is InChI=1S/C12H18N2O3/c1-8(14-6-2-3-9(13)7-14)10-4-5-11(17-10)12(15)16/h4-5,8-9H,2-3,6-7,13H2,1H3,(H,15,16). The van der Waals surface area contributed by atoms with E-state index in [1.165, 1.54) is 6.07 Å². The zero-order valence-corrected chi connectivity index (χ0v) is 9.93. The van der Waals surface area contributed by atoms with Gasteiger partial charge in [-0.15, -0.1) is 0 Å². The van der Waals surface area contributed by atoms with Gasteiger partial charge in [-0.3, -0.25) is 4.90 Å². The van der Waals surface area contributed by atoms with Gasteiger partial charge in [-0.25, -0.2) is 4.79 Å². The van der Waals surface area contributed by atoms with E-state index in [2.05, 4.69) is 4.90 Å². The van der Waals surface area contributed by atoms with Gasteiger partial charge >= 0.3 is 5.97 Å². The van der Waals surface area contributed by atoms with Crippen molar-refractivity contribution in [1.82, 2.24) is 4.90 Å². The second-order valence-corrected chi connectivity index (χ2v) is 4.58. The normalized spacial score (nSPS) is 23.5. The van der Waals surface area contributed by atoms with Crippen molar-refractivity contribution in [3.05, 3.63) is 23.7 Å². The number of hydrogen-bond donors (Lipinski definition) is 2. The Balaban J connectivity index is 2.07. The number of likely N-dealkylation sites (tertiary alicyclic amines) is 1. The van der Waals surface area contributed by atoms with Gasteiger partial charge in [0.05, 0.1) is 6.04 Å². The minimum Gasteiger partial charge on any atom is -0.475 e. The van der Waals surface area contributed by atoms with Crippen molar-refractivity contribution in [2.24, 2.45) is 5.73 Å². The second-order valence-electron chi connectivity index (χ2n) is 4.58. The third-order valence-corrected chi connectivity index (χ3v) is 3.29. The first-order chi connectivity index (χ1) is 8.08. The smallest absolute Gasteiger partial charge is 0.371 e. The van der Waals surface area contributed by atoms with Gasteiger partial charge in [0.2, 0.25) is 5.76 Å². The van der Waals surface area contributed by atoms with Gasteiger partial charge in [0, 0.05) is 12.6 Å². The number of carboxylic acid groups (broad SMARTS) is 1. The number of hydrogen-bond acceptors (Lipinski definition) is 4. The predicted octanol–water partition coefficient (Wildman–Crippen LogP) is 1.46. The number of aromatic carboxylic acids is 1. The molecule has 5 nitrogen and oxygen atoms in total. The van der Waals surface area contributed by atoms with Crippen LogP contribution in [0, 0.1) is 0 Å². The molecule has 3 N–H and O–H groups in total. The molecule has 2 atom stereocenters. The van der Waals surface area contributed by atoms with Crippen molar-refractivity contribution in [1.29, 1.82) is 0 Å². The van der Waals surface area contributed by atoms with E-state index in [-0.39, 0.29) is 17.8 Å². The first-order valence-electron chi connectivity index (χ1n) is 5.90. The fraction of sp³-hybridized carbons (Fsp3) is 0.583. The molecule has 5 heteroatoms. The van der Waals surface area contributed by atoms with Gasteiger partial charge in [0.25, 0.3) is 0 Å². The highest BCUT2D eigenvalue weighted by molar-refractivity contribution is 5.84. The van der Waals surface area contributed by atoms with Crippen molar-refractivity contribution in [2.75, 3.05) is 13.1 Å². The van der Waals surface area contributed by atoms with Gasteiger partial charge < -0.3 is 15.3 Å². The number of rotatable bonds is 3. The average molecular weight is 238 g/mol. The lowest BCUT2D eigenvalue weighted by molar-refractivity contribution is 0.0653. The van der Waals surface area contributed by atoms with Crippen LogP contribution in [0.5, 0.6) is 0 Å². The highest BCUT2D eigenvalue weighted by atomic mass is 16.4. The van der Waals surface area contributed by atoms with Crippen molar-refractivity contribution in [2.45, 2.75) is 31.8 Å². The molecule has 0 saturated carbocycles. The van der Waals surface area contributed by atoms with E-state index in [0.29, 0.717) is 5.76 Å². The van der Waals surface area contributed by atoms with Crippen molar-refractivity contribution in [3.63, 3.8) is 0 Å². The van der Waals surface area contributed by atoms with E-state index in [1.807, 2.05) is 6.92 Å². The van der Waals surface area contributed by atoms with Gasteiger partial charge in [0.1, 0.15) is 5.76 Å². The Morgan fingerprint density at radius 2 is 2.41 bits per heavy atom. The third-order valence-electron chi connectivity index (χ3n) is 3.29. The minimum absolute atomic E-state index is 0.00634. The van der Waals surface area contributed by atoms with Crippen LogP contribution in [0.15, 0.2) is 16.5 Å². The van der Waals surface area contributed by atoms with Crippen molar-refractivity contribution < 1.29 is 14.3 Å². The Morgan fingerprint density at radius 3 is 3.00 bits per heavy atom. The van der Waals surface area contributed by atoms with Crippen LogP contribution in [0.3, 0.4) is 0 Å². The summed E-state index contributed by atoms with van der Waals surface area (Å²) in [6.45, 7) is 3.84. The van der Waals surface area contributed by atoms with Crippen LogP contribution in [0.4, 0.5) is 0 Å². The molecule has 17 heavy (non-hydrogen) atoms. The molecule has 2 unspecified atom stereocenters. The summed E-state index contributed by atoms with van der Waals surface area (Å²) in [6.07, 6.45) is 2.14. The van der Waals surface area contributed by atoms with Gasteiger partial charge in [-0.1, -0.05) is 0 Å². The number of piperidine rings is 1. The molecule has 1 saturated heterocycles. The van der Waals surface area contributed by atoms with Crippen molar-refractivity contribution >= 4 is 5.97 Å². The highest BCUT2D eigenvalue weighted by Gasteiger charge is 2.24. The number of nitrogens with zero attached hydrogens (tertiary/aromatic N) is 1. The van der Waals surface area contributed by atoms with E-state index in [4.69, 9.17) is 15.3 Å². The van der Waals surface area contributed by atoms with Crippen LogP contribution in [0.1, 0.15) is 42.1 Å². The highest BCUT2D eigenvalue weighted by Crippen LogP contribution is 2.25. The van der Waals surface area contributed by atoms with Crippen LogP contribution in [0.2, 0.25) is 0 Å². The molecular formula is C12H18N2O3. The second kappa shape index (κ2) is 4.89. The quantitative estimate of drug-likeness (QED) is 0.833. The molecule has 1 fully saturated rings. The maximum atomic E-state index is 10.7. The number of carbonyl (C=O) groups is 1. The average Bonchev–Trinajstić information content (AvgIpc) is 2.77. The molecule has 1 aliphatic rings. The lowest BCUT2D eigenvalue weighted by Crippen LogP contribution is -2.43. The third kappa shape index (κ3) is 2.68. The van der Waals surface area contributed by atoms with E-state index < -0.39 is 5.97 Å². The molecule has 2 rings (SSSR count). The van der Waals surface area contributed by atoms with Crippen LogP contribution in [-0.4, -0.2) is 35.1 Å². The molecule has 2 heterocycles. The summed E-state index contributed by atoms with van der Waals surface area (Å²) in [5.41, 5.74) is 5.93. The summed E-state index contributed by atoms with van der Waals surface area (Å²) in [7, 11) is 0. The Kier molecular flexibility index (Phi) is 3.49. The molecule has 0 aromatic carbocycles. The van der Waals surface area contributed by atoms with Crippen LogP contribution < -0.4 is 5.73 Å². The molecule has 0 bridgehead atoms. The Morgan fingerprint density at radius 1 is 1.65 bits per heavy atom. The van der Waals surface area contributed by atoms with Crippen LogP contribution in [0.25, 0.3) is 0 Å². The van der Waals surface area contributed by atoms with Gasteiger partial charge in [-0.2, -0.15) is 0 Å². The molecular weight excluding hydrogens is 220 g/mol. The SMILES string of the molecule is CC(c1ccc(C(=O)O)o1)N1CCCC(N)C1. The maximum absolute atomic E-state index is 10.7. The molecule has 1 aliphatic heterocycles. The number of furan rings is 1. The lowest BCUT2D eigenvalue weighted by Gasteiger charge is -2.34. The van der Waals surface area contributed by atoms with E-state index >= 15 is 0 Å². The lowest BCUT2D eigenvalue weighted by atomic mass is 10.0. The molecule has 0 amide bonds. The van der Waals surface area contributed by atoms with Gasteiger partial charge in [-0.05, 0) is 38.4 Å². The van der Waals surface area contributed by atoms with E-state index in [9.17, 15) is 4.79 Å². The van der Waals surface area contributed by atoms with E-state index in [1.54, 1.807) is 6.07 Å². The molecule has 1 aromatic heterocycles. The van der Waals surface area contributed by atoms with Gasteiger partial charge in [0.15, 0.2) is 0 Å². The molecule has 94 valence electrons. The Hall–Kier alpha value is -1.33. The van der Waals surface area contributed by atoms with Crippen LogP contribution >= 0.6 is 0 Å². The summed E-state index contributed by atoms with van der Waals surface area (Å²) in [4.78, 5) is 13.0. The Bertz CT molecular complexity index is 402. The van der Waals surface area contributed by atoms with Crippen LogP contribution in [-0.2, 0) is 0 Å². The maximum Gasteiger partial charge on any atom is 0.371 e. The molecule has 0 radical (unpaired) electrons. The summed E-state index contributed by atoms with van der Waals surface area (Å²) in [6, 6.07) is 3.52. The summed E-state index contributed by atoms with van der Waals surface area (Å²) < 4.78 is 5.31. The fourth-order valence-corrected chi connectivity index (χ4v) is 2.26. The molecule has 1 aromatic rings. The van der Waals surface area contributed by atoms with E-state index in [0.717, 1.165) is 25.9 Å². The summed E-state index contributed by atoms with van der Waals surface area (Å²) in [5.74, 6) is -0.344. The minimum atomic E-state index is -1.03. The largest absolute Gasteiger partial charge is 0.475 e. The molecule has 0 aliphatic carbocycles. The number of carboxylic acids is 1. The first kappa shape index (κ1) is 12.1.